The summed E-state index contributed by atoms with van der Waals surface area (Å²) in [6, 6.07) is 0. The van der Waals surface area contributed by atoms with Gasteiger partial charge in [-0.3, -0.25) is 4.79 Å². The van der Waals surface area contributed by atoms with Crippen LogP contribution in [-0.2, 0) is 15.0 Å². The lowest BCUT2D eigenvalue weighted by molar-refractivity contribution is -0.126. The van der Waals surface area contributed by atoms with E-state index in [0.717, 1.165) is 32.1 Å². The van der Waals surface area contributed by atoms with Gasteiger partial charge in [0.25, 0.3) is 10.2 Å². The van der Waals surface area contributed by atoms with Crippen molar-refractivity contribution in [2.75, 3.05) is 32.7 Å². The fraction of sp³-hybridized carbons (Fsp3) is 0.850. The van der Waals surface area contributed by atoms with Gasteiger partial charge in [0, 0.05) is 38.6 Å². The number of hydrogen-bond acceptors (Lipinski definition) is 3. The van der Waals surface area contributed by atoms with Crippen LogP contribution < -0.4 is 5.32 Å². The third kappa shape index (κ3) is 5.78. The first-order valence-electron chi connectivity index (χ1n) is 10.8. The fourth-order valence-corrected chi connectivity index (χ4v) is 6.13. The van der Waals surface area contributed by atoms with Gasteiger partial charge in [0.2, 0.25) is 5.91 Å². The minimum absolute atomic E-state index is 0.0547. The highest BCUT2D eigenvalue weighted by molar-refractivity contribution is 7.86. The quantitative estimate of drug-likeness (QED) is 0.701. The van der Waals surface area contributed by atoms with Crippen LogP contribution in [0.5, 0.6) is 0 Å². The standard InChI is InChI=1S/C20H35N3O3S/c24-20(21-13-10-18-8-4-3-5-9-18)19-11-16-23(17-12-19)27(25,26)22-14-6-1-2-7-15-22/h8,19H,1-7,9-17H2,(H,21,24). The molecule has 0 saturated carbocycles. The maximum Gasteiger partial charge on any atom is 0.281 e. The largest absolute Gasteiger partial charge is 0.356 e. The summed E-state index contributed by atoms with van der Waals surface area (Å²) in [6.45, 7) is 2.90. The Kier molecular flexibility index (Phi) is 7.73. The minimum Gasteiger partial charge on any atom is -0.356 e. The van der Waals surface area contributed by atoms with Crippen molar-refractivity contribution < 1.29 is 13.2 Å². The predicted molar refractivity (Wildman–Crippen MR) is 107 cm³/mol. The zero-order valence-corrected chi connectivity index (χ0v) is 17.3. The van der Waals surface area contributed by atoms with Gasteiger partial charge in [0.15, 0.2) is 0 Å². The Balaban J connectivity index is 1.42. The van der Waals surface area contributed by atoms with Gasteiger partial charge in [-0.2, -0.15) is 17.0 Å². The smallest absolute Gasteiger partial charge is 0.281 e. The van der Waals surface area contributed by atoms with Gasteiger partial charge in [-0.05, 0) is 57.8 Å². The van der Waals surface area contributed by atoms with Crippen LogP contribution in [0.15, 0.2) is 11.6 Å². The summed E-state index contributed by atoms with van der Waals surface area (Å²) in [7, 11) is -3.36. The van der Waals surface area contributed by atoms with Crippen molar-refractivity contribution in [1.29, 1.82) is 0 Å². The first-order chi connectivity index (χ1) is 13.1. The zero-order valence-electron chi connectivity index (χ0n) is 16.5. The van der Waals surface area contributed by atoms with Crippen molar-refractivity contribution in [2.24, 2.45) is 5.92 Å². The number of piperidine rings is 1. The average molecular weight is 398 g/mol. The van der Waals surface area contributed by atoms with Crippen molar-refractivity contribution in [3.63, 3.8) is 0 Å². The molecule has 2 aliphatic heterocycles. The van der Waals surface area contributed by atoms with Crippen LogP contribution >= 0.6 is 0 Å². The third-order valence-electron chi connectivity index (χ3n) is 6.17. The first-order valence-corrected chi connectivity index (χ1v) is 12.2. The van der Waals surface area contributed by atoms with E-state index < -0.39 is 10.2 Å². The second kappa shape index (κ2) is 10.0. The molecule has 1 amide bonds. The average Bonchev–Trinajstić information content (AvgIpc) is 2.99. The van der Waals surface area contributed by atoms with E-state index in [0.29, 0.717) is 45.6 Å². The molecule has 0 bridgehead atoms. The molecule has 0 atom stereocenters. The molecule has 7 heteroatoms. The second-order valence-corrected chi connectivity index (χ2v) is 10.1. The first kappa shape index (κ1) is 20.8. The van der Waals surface area contributed by atoms with Crippen LogP contribution in [0, 0.1) is 5.92 Å². The van der Waals surface area contributed by atoms with E-state index in [9.17, 15) is 13.2 Å². The van der Waals surface area contributed by atoms with Crippen LogP contribution in [0.3, 0.4) is 0 Å². The Morgan fingerprint density at radius 1 is 0.963 bits per heavy atom. The van der Waals surface area contributed by atoms with Crippen molar-refractivity contribution in [3.8, 4) is 0 Å². The summed E-state index contributed by atoms with van der Waals surface area (Å²) in [6.07, 6.45) is 13.6. The summed E-state index contributed by atoms with van der Waals surface area (Å²) >= 11 is 0. The van der Waals surface area contributed by atoms with Crippen LogP contribution in [-0.4, -0.2) is 55.7 Å². The molecule has 0 spiro atoms. The zero-order chi connectivity index (χ0) is 19.1. The van der Waals surface area contributed by atoms with E-state index >= 15 is 0 Å². The van der Waals surface area contributed by atoms with Crippen LogP contribution in [0.4, 0.5) is 0 Å². The highest BCUT2D eigenvalue weighted by atomic mass is 32.2. The molecule has 3 aliphatic rings. The lowest BCUT2D eigenvalue weighted by Gasteiger charge is -2.34. The van der Waals surface area contributed by atoms with E-state index in [1.807, 2.05) is 0 Å². The number of allylic oxidation sites excluding steroid dienone is 1. The molecule has 27 heavy (non-hydrogen) atoms. The number of hydrogen-bond donors (Lipinski definition) is 1. The van der Waals surface area contributed by atoms with Gasteiger partial charge in [0.1, 0.15) is 0 Å². The van der Waals surface area contributed by atoms with Crippen LogP contribution in [0.25, 0.3) is 0 Å². The van der Waals surface area contributed by atoms with Gasteiger partial charge in [-0.15, -0.1) is 0 Å². The summed E-state index contributed by atoms with van der Waals surface area (Å²) in [4.78, 5) is 12.4. The minimum atomic E-state index is -3.36. The molecule has 6 nitrogen and oxygen atoms in total. The number of carbonyl (C=O) groups excluding carboxylic acids is 1. The van der Waals surface area contributed by atoms with E-state index in [4.69, 9.17) is 0 Å². The number of amides is 1. The monoisotopic (exact) mass is 397 g/mol. The molecule has 154 valence electrons. The van der Waals surface area contributed by atoms with Crippen molar-refractivity contribution >= 4 is 16.1 Å². The third-order valence-corrected chi connectivity index (χ3v) is 8.21. The number of carbonyl (C=O) groups is 1. The number of nitrogens with zero attached hydrogens (tertiary/aromatic N) is 2. The molecular formula is C20H35N3O3S. The van der Waals surface area contributed by atoms with Gasteiger partial charge in [0.05, 0.1) is 0 Å². The molecule has 0 radical (unpaired) electrons. The topological polar surface area (TPSA) is 69.7 Å². The predicted octanol–water partition coefficient (Wildman–Crippen LogP) is 2.83. The molecule has 3 rings (SSSR count). The number of nitrogens with one attached hydrogen (secondary N) is 1. The Labute approximate surface area is 164 Å². The second-order valence-electron chi connectivity index (χ2n) is 8.14. The van der Waals surface area contributed by atoms with Gasteiger partial charge >= 0.3 is 0 Å². The SMILES string of the molecule is O=C(NCCC1=CCCCC1)C1CCN(S(=O)(=O)N2CCCCCC2)CC1. The van der Waals surface area contributed by atoms with E-state index in [1.54, 1.807) is 8.61 Å². The maximum absolute atomic E-state index is 12.9. The maximum atomic E-state index is 12.9. The lowest BCUT2D eigenvalue weighted by atomic mass is 9.96. The van der Waals surface area contributed by atoms with E-state index in [2.05, 4.69) is 11.4 Å². The highest BCUT2D eigenvalue weighted by Crippen LogP contribution is 2.24. The highest BCUT2D eigenvalue weighted by Gasteiger charge is 2.34. The van der Waals surface area contributed by atoms with Gasteiger partial charge in [-0.25, -0.2) is 0 Å². The lowest BCUT2D eigenvalue weighted by Crippen LogP contribution is -2.49. The molecule has 0 unspecified atom stereocenters. The van der Waals surface area contributed by atoms with Gasteiger partial charge in [-0.1, -0.05) is 24.5 Å². The Morgan fingerprint density at radius 2 is 1.63 bits per heavy atom. The molecule has 2 fully saturated rings. The molecule has 1 N–H and O–H groups in total. The fourth-order valence-electron chi connectivity index (χ4n) is 4.41. The Hall–Kier alpha value is -0.920. The summed E-state index contributed by atoms with van der Waals surface area (Å²) < 4.78 is 29.0. The molecule has 0 aromatic carbocycles. The van der Waals surface area contributed by atoms with E-state index in [1.165, 1.54) is 31.3 Å². The van der Waals surface area contributed by atoms with Crippen LogP contribution in [0.2, 0.25) is 0 Å². The van der Waals surface area contributed by atoms with Crippen molar-refractivity contribution in [2.45, 2.75) is 70.6 Å². The molecule has 0 aromatic heterocycles. The normalized spacial score (nSPS) is 24.2. The number of rotatable bonds is 6. The Morgan fingerprint density at radius 3 is 2.26 bits per heavy atom. The molecular weight excluding hydrogens is 362 g/mol. The molecule has 1 aliphatic carbocycles. The molecule has 2 heterocycles. The van der Waals surface area contributed by atoms with Crippen molar-refractivity contribution in [3.05, 3.63) is 11.6 Å². The van der Waals surface area contributed by atoms with Crippen molar-refractivity contribution in [1.82, 2.24) is 13.9 Å². The summed E-state index contributed by atoms with van der Waals surface area (Å²) in [5.74, 6) is 0.0409. The summed E-state index contributed by atoms with van der Waals surface area (Å²) in [5.41, 5.74) is 1.47. The molecule has 2 saturated heterocycles. The van der Waals surface area contributed by atoms with E-state index in [-0.39, 0.29) is 11.8 Å². The van der Waals surface area contributed by atoms with Gasteiger partial charge < -0.3 is 5.32 Å². The van der Waals surface area contributed by atoms with Crippen LogP contribution in [0.1, 0.15) is 70.6 Å². The summed E-state index contributed by atoms with van der Waals surface area (Å²) in [5, 5.41) is 3.07. The molecule has 0 aromatic rings. The Bertz CT molecular complexity index is 616.